The summed E-state index contributed by atoms with van der Waals surface area (Å²) in [6.45, 7) is 6.22. The zero-order chi connectivity index (χ0) is 12.0. The van der Waals surface area contributed by atoms with E-state index in [1.54, 1.807) is 0 Å². The lowest BCUT2D eigenvalue weighted by Gasteiger charge is -2.38. The molecule has 0 radical (unpaired) electrons. The van der Waals surface area contributed by atoms with E-state index in [0.717, 1.165) is 13.1 Å². The molecule has 0 bridgehead atoms. The van der Waals surface area contributed by atoms with E-state index in [0.29, 0.717) is 12.6 Å². The van der Waals surface area contributed by atoms with Crippen LogP contribution in [-0.2, 0) is 9.53 Å². The van der Waals surface area contributed by atoms with Crippen molar-refractivity contribution in [1.29, 1.82) is 0 Å². The van der Waals surface area contributed by atoms with Crippen molar-refractivity contribution >= 4 is 5.97 Å². The van der Waals surface area contributed by atoms with Crippen LogP contribution in [0, 0.1) is 0 Å². The number of likely N-dealkylation sites (tertiary alicyclic amines) is 1. The summed E-state index contributed by atoms with van der Waals surface area (Å²) in [6, 6.07) is 0.358. The average Bonchev–Trinajstić information content (AvgIpc) is 2.29. The SMILES string of the molecule is CCOC(=O)C(C)N1CCCCC1CNC. The molecule has 4 heteroatoms. The standard InChI is InChI=1S/C12H24N2O2/c1-4-16-12(15)10(2)14-8-6-5-7-11(14)9-13-3/h10-11,13H,4-9H2,1-3H3. The maximum absolute atomic E-state index is 11.7. The number of nitrogens with one attached hydrogen (secondary N) is 1. The number of piperidine rings is 1. The Labute approximate surface area is 98.3 Å². The second-order valence-electron chi connectivity index (χ2n) is 4.37. The van der Waals surface area contributed by atoms with E-state index >= 15 is 0 Å². The van der Waals surface area contributed by atoms with Crippen LogP contribution in [0.25, 0.3) is 0 Å². The zero-order valence-corrected chi connectivity index (χ0v) is 10.7. The number of esters is 1. The number of carbonyl (C=O) groups is 1. The van der Waals surface area contributed by atoms with Gasteiger partial charge in [0.2, 0.25) is 0 Å². The van der Waals surface area contributed by atoms with Gasteiger partial charge in [-0.05, 0) is 40.3 Å². The lowest BCUT2D eigenvalue weighted by molar-refractivity contribution is -0.150. The van der Waals surface area contributed by atoms with Crippen molar-refractivity contribution in [1.82, 2.24) is 10.2 Å². The Morgan fingerprint density at radius 3 is 2.94 bits per heavy atom. The Kier molecular flexibility index (Phi) is 5.77. The second kappa shape index (κ2) is 6.86. The van der Waals surface area contributed by atoms with Crippen LogP contribution in [0.4, 0.5) is 0 Å². The molecule has 0 aromatic carbocycles. The predicted octanol–water partition coefficient (Wildman–Crippen LogP) is 1.01. The number of ether oxygens (including phenoxy) is 1. The quantitative estimate of drug-likeness (QED) is 0.713. The van der Waals surface area contributed by atoms with Crippen LogP contribution < -0.4 is 5.32 Å². The number of nitrogens with zero attached hydrogens (tertiary/aromatic N) is 1. The van der Waals surface area contributed by atoms with Crippen LogP contribution in [0.5, 0.6) is 0 Å². The molecule has 0 aliphatic carbocycles. The van der Waals surface area contributed by atoms with Crippen molar-refractivity contribution < 1.29 is 9.53 Å². The first kappa shape index (κ1) is 13.5. The van der Waals surface area contributed by atoms with E-state index in [-0.39, 0.29) is 12.0 Å². The molecule has 1 rings (SSSR count). The van der Waals surface area contributed by atoms with E-state index in [1.807, 2.05) is 20.9 Å². The summed E-state index contributed by atoms with van der Waals surface area (Å²) >= 11 is 0. The van der Waals surface area contributed by atoms with Crippen molar-refractivity contribution in [2.24, 2.45) is 0 Å². The van der Waals surface area contributed by atoms with Crippen molar-refractivity contribution in [2.75, 3.05) is 26.7 Å². The fraction of sp³-hybridized carbons (Fsp3) is 0.917. The fourth-order valence-corrected chi connectivity index (χ4v) is 2.39. The molecule has 1 saturated heterocycles. The monoisotopic (exact) mass is 228 g/mol. The maximum atomic E-state index is 11.7. The van der Waals surface area contributed by atoms with E-state index < -0.39 is 0 Å². The molecule has 1 fully saturated rings. The topological polar surface area (TPSA) is 41.6 Å². The molecule has 0 aromatic rings. The number of hydrogen-bond donors (Lipinski definition) is 1. The second-order valence-corrected chi connectivity index (χ2v) is 4.37. The maximum Gasteiger partial charge on any atom is 0.323 e. The normalized spacial score (nSPS) is 24.1. The molecule has 4 nitrogen and oxygen atoms in total. The highest BCUT2D eigenvalue weighted by molar-refractivity contribution is 5.75. The summed E-state index contributed by atoms with van der Waals surface area (Å²) in [6.07, 6.45) is 3.62. The predicted molar refractivity (Wildman–Crippen MR) is 64.4 cm³/mol. The Morgan fingerprint density at radius 2 is 2.31 bits per heavy atom. The summed E-state index contributed by atoms with van der Waals surface area (Å²) in [5.41, 5.74) is 0. The van der Waals surface area contributed by atoms with Crippen LogP contribution in [-0.4, -0.2) is 49.7 Å². The van der Waals surface area contributed by atoms with Gasteiger partial charge in [-0.2, -0.15) is 0 Å². The lowest BCUT2D eigenvalue weighted by atomic mass is 10.00. The van der Waals surface area contributed by atoms with Gasteiger partial charge in [0, 0.05) is 12.6 Å². The van der Waals surface area contributed by atoms with Crippen LogP contribution >= 0.6 is 0 Å². The molecule has 1 aliphatic heterocycles. The van der Waals surface area contributed by atoms with Gasteiger partial charge >= 0.3 is 5.97 Å². The number of carbonyl (C=O) groups excluding carboxylic acids is 1. The Bertz CT molecular complexity index is 219. The van der Waals surface area contributed by atoms with Crippen molar-refractivity contribution in [3.05, 3.63) is 0 Å². The highest BCUT2D eigenvalue weighted by Gasteiger charge is 2.30. The van der Waals surface area contributed by atoms with Gasteiger partial charge in [0.15, 0.2) is 0 Å². The van der Waals surface area contributed by atoms with Gasteiger partial charge in [0.05, 0.1) is 6.61 Å². The van der Waals surface area contributed by atoms with Crippen molar-refractivity contribution in [3.63, 3.8) is 0 Å². The minimum Gasteiger partial charge on any atom is -0.465 e. The molecule has 1 heterocycles. The third kappa shape index (κ3) is 3.46. The first-order valence-corrected chi connectivity index (χ1v) is 6.27. The molecule has 2 atom stereocenters. The Hall–Kier alpha value is -0.610. The Balaban J connectivity index is 2.55. The fourth-order valence-electron chi connectivity index (χ4n) is 2.39. The van der Waals surface area contributed by atoms with Gasteiger partial charge in [-0.25, -0.2) is 0 Å². The minimum absolute atomic E-state index is 0.0921. The first-order chi connectivity index (χ1) is 7.70. The largest absolute Gasteiger partial charge is 0.465 e. The zero-order valence-electron chi connectivity index (χ0n) is 10.7. The number of likely N-dealkylation sites (N-methyl/N-ethyl adjacent to an activating group) is 1. The van der Waals surface area contributed by atoms with Gasteiger partial charge in [0.1, 0.15) is 6.04 Å². The van der Waals surface area contributed by atoms with Crippen LogP contribution in [0.1, 0.15) is 33.1 Å². The van der Waals surface area contributed by atoms with Gasteiger partial charge in [-0.1, -0.05) is 6.42 Å². The van der Waals surface area contributed by atoms with E-state index in [4.69, 9.17) is 4.74 Å². The lowest BCUT2D eigenvalue weighted by Crippen LogP contribution is -2.52. The summed E-state index contributed by atoms with van der Waals surface area (Å²) < 4.78 is 5.08. The van der Waals surface area contributed by atoms with Gasteiger partial charge in [-0.3, -0.25) is 9.69 Å². The van der Waals surface area contributed by atoms with Gasteiger partial charge in [-0.15, -0.1) is 0 Å². The number of hydrogen-bond acceptors (Lipinski definition) is 4. The summed E-state index contributed by atoms with van der Waals surface area (Å²) in [7, 11) is 1.96. The van der Waals surface area contributed by atoms with E-state index in [9.17, 15) is 4.79 Å². The Morgan fingerprint density at radius 1 is 1.56 bits per heavy atom. The van der Waals surface area contributed by atoms with Gasteiger partial charge < -0.3 is 10.1 Å². The summed E-state index contributed by atoms with van der Waals surface area (Å²) in [4.78, 5) is 14.0. The van der Waals surface area contributed by atoms with Crippen LogP contribution in [0.2, 0.25) is 0 Å². The third-order valence-corrected chi connectivity index (χ3v) is 3.24. The molecule has 0 amide bonds. The first-order valence-electron chi connectivity index (χ1n) is 6.27. The van der Waals surface area contributed by atoms with Crippen molar-refractivity contribution in [3.8, 4) is 0 Å². The summed E-state index contributed by atoms with van der Waals surface area (Å²) in [5, 5.41) is 3.20. The highest BCUT2D eigenvalue weighted by atomic mass is 16.5. The van der Waals surface area contributed by atoms with E-state index in [2.05, 4.69) is 10.2 Å². The highest BCUT2D eigenvalue weighted by Crippen LogP contribution is 2.19. The van der Waals surface area contributed by atoms with Gasteiger partial charge in [0.25, 0.3) is 0 Å². The molecule has 16 heavy (non-hydrogen) atoms. The van der Waals surface area contributed by atoms with Crippen molar-refractivity contribution in [2.45, 2.75) is 45.2 Å². The smallest absolute Gasteiger partial charge is 0.323 e. The van der Waals surface area contributed by atoms with Crippen LogP contribution in [0.15, 0.2) is 0 Å². The molecule has 0 spiro atoms. The molecular formula is C12H24N2O2. The molecule has 1 aliphatic rings. The summed E-state index contributed by atoms with van der Waals surface area (Å²) in [5.74, 6) is -0.0921. The molecule has 0 aromatic heterocycles. The van der Waals surface area contributed by atoms with E-state index in [1.165, 1.54) is 19.3 Å². The molecular weight excluding hydrogens is 204 g/mol. The number of rotatable bonds is 5. The molecule has 2 unspecified atom stereocenters. The molecule has 0 saturated carbocycles. The van der Waals surface area contributed by atoms with Crippen LogP contribution in [0.3, 0.4) is 0 Å². The molecule has 94 valence electrons. The average molecular weight is 228 g/mol. The third-order valence-electron chi connectivity index (χ3n) is 3.24. The minimum atomic E-state index is -0.112. The molecule has 1 N–H and O–H groups in total.